The Morgan fingerprint density at radius 2 is 1.88 bits per heavy atom. The molecule has 2 aromatic heterocycles. The van der Waals surface area contributed by atoms with Crippen LogP contribution in [0.15, 0.2) is 48.7 Å². The molecule has 3 rings (SSSR count). The smallest absolute Gasteiger partial charge is 0.222 e. The Morgan fingerprint density at radius 1 is 1.12 bits per heavy atom. The van der Waals surface area contributed by atoms with Gasteiger partial charge in [-0.2, -0.15) is 4.98 Å². The van der Waals surface area contributed by atoms with Crippen LogP contribution in [0, 0.1) is 5.82 Å². The number of benzene rings is 1. The van der Waals surface area contributed by atoms with Crippen molar-refractivity contribution in [1.82, 2.24) is 15.0 Å². The Bertz CT molecular complexity index is 840. The second-order valence-electron chi connectivity index (χ2n) is 5.23. The van der Waals surface area contributed by atoms with Crippen LogP contribution < -0.4 is 11.1 Å². The minimum Gasteiger partial charge on any atom is -0.374 e. The van der Waals surface area contributed by atoms with Gasteiger partial charge in [0.1, 0.15) is 17.2 Å². The van der Waals surface area contributed by atoms with E-state index in [0.717, 1.165) is 5.56 Å². The highest BCUT2D eigenvalue weighted by Gasteiger charge is 2.17. The largest absolute Gasteiger partial charge is 0.374 e. The van der Waals surface area contributed by atoms with Crippen molar-refractivity contribution in [3.63, 3.8) is 0 Å². The van der Waals surface area contributed by atoms with Crippen LogP contribution in [-0.2, 0) is 0 Å². The summed E-state index contributed by atoms with van der Waals surface area (Å²) >= 11 is 6.26. The maximum Gasteiger partial charge on any atom is 0.222 e. The highest BCUT2D eigenvalue weighted by Crippen LogP contribution is 2.33. The number of nitrogens with zero attached hydrogens (tertiary/aromatic N) is 3. The molecule has 0 saturated carbocycles. The van der Waals surface area contributed by atoms with Crippen molar-refractivity contribution in [2.24, 2.45) is 0 Å². The van der Waals surface area contributed by atoms with Gasteiger partial charge in [0.15, 0.2) is 5.15 Å². The third-order valence-corrected chi connectivity index (χ3v) is 3.79. The SMILES string of the molecule is CC(Nc1c(Cl)nc(N)nc1-c1ccccn1)c1ccc(F)cc1. The molecule has 0 saturated heterocycles. The van der Waals surface area contributed by atoms with E-state index in [2.05, 4.69) is 20.3 Å². The molecule has 3 N–H and O–H groups in total. The van der Waals surface area contributed by atoms with Crippen molar-refractivity contribution < 1.29 is 4.39 Å². The Morgan fingerprint density at radius 3 is 2.54 bits per heavy atom. The van der Waals surface area contributed by atoms with Gasteiger partial charge >= 0.3 is 0 Å². The molecular formula is C17H15ClFN5. The van der Waals surface area contributed by atoms with E-state index in [1.165, 1.54) is 12.1 Å². The van der Waals surface area contributed by atoms with Crippen LogP contribution in [0.1, 0.15) is 18.5 Å². The van der Waals surface area contributed by atoms with Crippen molar-refractivity contribution in [1.29, 1.82) is 0 Å². The molecule has 1 aromatic carbocycles. The van der Waals surface area contributed by atoms with Gasteiger partial charge in [0.05, 0.1) is 5.69 Å². The summed E-state index contributed by atoms with van der Waals surface area (Å²) in [6.45, 7) is 1.93. The van der Waals surface area contributed by atoms with E-state index >= 15 is 0 Å². The van der Waals surface area contributed by atoms with Crippen LogP contribution >= 0.6 is 11.6 Å². The lowest BCUT2D eigenvalue weighted by molar-refractivity contribution is 0.626. The van der Waals surface area contributed by atoms with E-state index in [4.69, 9.17) is 17.3 Å². The fourth-order valence-electron chi connectivity index (χ4n) is 2.32. The second-order valence-corrected chi connectivity index (χ2v) is 5.59. The molecule has 5 nitrogen and oxygen atoms in total. The van der Waals surface area contributed by atoms with Crippen molar-refractivity contribution in [2.45, 2.75) is 13.0 Å². The normalized spacial score (nSPS) is 12.0. The Kier molecular flexibility index (Phi) is 4.57. The zero-order valence-electron chi connectivity index (χ0n) is 12.9. The minimum atomic E-state index is -0.283. The first-order valence-electron chi connectivity index (χ1n) is 7.31. The van der Waals surface area contributed by atoms with Crippen LogP contribution in [0.25, 0.3) is 11.4 Å². The molecule has 0 radical (unpaired) electrons. The zero-order valence-corrected chi connectivity index (χ0v) is 13.6. The third kappa shape index (κ3) is 3.44. The summed E-state index contributed by atoms with van der Waals surface area (Å²) in [5.41, 5.74) is 8.29. The maximum absolute atomic E-state index is 13.1. The third-order valence-electron chi connectivity index (χ3n) is 3.52. The summed E-state index contributed by atoms with van der Waals surface area (Å²) in [5, 5.41) is 3.47. The van der Waals surface area contributed by atoms with Crippen LogP contribution in [0.2, 0.25) is 5.15 Å². The molecule has 0 aliphatic carbocycles. The summed E-state index contributed by atoms with van der Waals surface area (Å²) in [7, 11) is 0. The first-order chi connectivity index (χ1) is 11.5. The number of pyridine rings is 1. The number of hydrogen-bond donors (Lipinski definition) is 2. The minimum absolute atomic E-state index is 0.0700. The van der Waals surface area contributed by atoms with E-state index in [1.807, 2.05) is 25.1 Å². The molecule has 0 aliphatic heterocycles. The van der Waals surface area contributed by atoms with Gasteiger partial charge in [0, 0.05) is 12.2 Å². The van der Waals surface area contributed by atoms with Crippen LogP contribution in [0.5, 0.6) is 0 Å². The average molecular weight is 344 g/mol. The lowest BCUT2D eigenvalue weighted by atomic mass is 10.1. The molecule has 122 valence electrons. The van der Waals surface area contributed by atoms with Gasteiger partial charge < -0.3 is 11.1 Å². The molecule has 1 unspecified atom stereocenters. The van der Waals surface area contributed by atoms with E-state index in [1.54, 1.807) is 18.3 Å². The zero-order chi connectivity index (χ0) is 17.1. The molecule has 0 fully saturated rings. The number of nitrogen functional groups attached to an aromatic ring is 1. The van der Waals surface area contributed by atoms with Crippen LogP contribution in [0.4, 0.5) is 16.0 Å². The second kappa shape index (κ2) is 6.80. The number of rotatable bonds is 4. The number of halogens is 2. The molecule has 0 amide bonds. The summed E-state index contributed by atoms with van der Waals surface area (Å²) in [6, 6.07) is 11.6. The molecule has 1 atom stereocenters. The number of hydrogen-bond acceptors (Lipinski definition) is 5. The molecule has 7 heteroatoms. The molecular weight excluding hydrogens is 329 g/mol. The summed E-state index contributed by atoms with van der Waals surface area (Å²) < 4.78 is 13.1. The van der Waals surface area contributed by atoms with Crippen molar-refractivity contribution in [2.75, 3.05) is 11.1 Å². The lowest BCUT2D eigenvalue weighted by Crippen LogP contribution is -2.11. The van der Waals surface area contributed by atoms with E-state index in [-0.39, 0.29) is 23.0 Å². The van der Waals surface area contributed by atoms with Gasteiger partial charge in [-0.05, 0) is 36.8 Å². The van der Waals surface area contributed by atoms with Crippen molar-refractivity contribution in [3.8, 4) is 11.4 Å². The van der Waals surface area contributed by atoms with E-state index < -0.39 is 0 Å². The molecule has 0 aliphatic rings. The highest BCUT2D eigenvalue weighted by molar-refractivity contribution is 6.32. The standard InChI is InChI=1S/C17H15ClFN5/c1-10(11-5-7-12(19)8-6-11)22-15-14(13-4-2-3-9-21-13)23-17(20)24-16(15)18/h2-10,22H,1H3,(H2,20,23,24). The molecule has 24 heavy (non-hydrogen) atoms. The Balaban J connectivity index is 1.99. The number of nitrogens with two attached hydrogens (primary N) is 1. The van der Waals surface area contributed by atoms with Crippen LogP contribution in [0.3, 0.4) is 0 Å². The van der Waals surface area contributed by atoms with Gasteiger partial charge in [-0.25, -0.2) is 9.37 Å². The number of aromatic nitrogens is 3. The van der Waals surface area contributed by atoms with Gasteiger partial charge in [-0.1, -0.05) is 29.8 Å². The quantitative estimate of drug-likeness (QED) is 0.698. The summed E-state index contributed by atoms with van der Waals surface area (Å²) in [6.07, 6.45) is 1.66. The van der Waals surface area contributed by atoms with Crippen LogP contribution in [-0.4, -0.2) is 15.0 Å². The first-order valence-corrected chi connectivity index (χ1v) is 7.69. The number of nitrogens with one attached hydrogen (secondary N) is 1. The molecule has 3 aromatic rings. The average Bonchev–Trinajstić information content (AvgIpc) is 2.58. The molecule has 2 heterocycles. The summed E-state index contributed by atoms with van der Waals surface area (Å²) in [4.78, 5) is 12.6. The van der Waals surface area contributed by atoms with Gasteiger partial charge in [-0.3, -0.25) is 4.98 Å². The highest BCUT2D eigenvalue weighted by atomic mass is 35.5. The lowest BCUT2D eigenvalue weighted by Gasteiger charge is -2.19. The monoisotopic (exact) mass is 343 g/mol. The van der Waals surface area contributed by atoms with E-state index in [9.17, 15) is 4.39 Å². The van der Waals surface area contributed by atoms with Gasteiger partial charge in [0.25, 0.3) is 0 Å². The topological polar surface area (TPSA) is 76.7 Å². The van der Waals surface area contributed by atoms with Crippen molar-refractivity contribution in [3.05, 3.63) is 65.2 Å². The molecule has 0 bridgehead atoms. The van der Waals surface area contributed by atoms with Crippen molar-refractivity contribution >= 4 is 23.2 Å². The van der Waals surface area contributed by atoms with E-state index in [0.29, 0.717) is 17.1 Å². The van der Waals surface area contributed by atoms with Gasteiger partial charge in [-0.15, -0.1) is 0 Å². The number of anilines is 2. The van der Waals surface area contributed by atoms with Gasteiger partial charge in [0.2, 0.25) is 5.95 Å². The molecule has 0 spiro atoms. The predicted molar refractivity (Wildman–Crippen MR) is 93.1 cm³/mol. The first kappa shape index (κ1) is 16.1. The fourth-order valence-corrected chi connectivity index (χ4v) is 2.55. The maximum atomic E-state index is 13.1. The fraction of sp³-hybridized carbons (Fsp3) is 0.118. The summed E-state index contributed by atoms with van der Waals surface area (Å²) in [5.74, 6) is -0.213. The Labute approximate surface area is 143 Å². The Hall–Kier alpha value is -2.73. The predicted octanol–water partition coefficient (Wildman–Crippen LogP) is 4.09.